The van der Waals surface area contributed by atoms with E-state index < -0.39 is 5.97 Å². The summed E-state index contributed by atoms with van der Waals surface area (Å²) in [6.45, 7) is 2.46. The summed E-state index contributed by atoms with van der Waals surface area (Å²) < 4.78 is 11.8. The average molecular weight is 364 g/mol. The first-order valence-corrected chi connectivity index (χ1v) is 6.55. The quantitative estimate of drug-likeness (QED) is 0.603. The van der Waals surface area contributed by atoms with E-state index in [0.717, 1.165) is 14.5 Å². The Kier molecular flexibility index (Phi) is 5.71. The van der Waals surface area contributed by atoms with E-state index in [0.29, 0.717) is 12.4 Å². The van der Waals surface area contributed by atoms with Crippen molar-refractivity contribution in [2.75, 3.05) is 13.7 Å². The van der Waals surface area contributed by atoms with Gasteiger partial charge in [-0.05, 0) is 41.1 Å². The zero-order valence-electron chi connectivity index (χ0n) is 9.50. The van der Waals surface area contributed by atoms with Gasteiger partial charge in [-0.15, -0.1) is 0 Å². The first-order chi connectivity index (χ1) is 8.08. The molecule has 0 unspecified atom stereocenters. The molecule has 0 atom stereocenters. The smallest absolute Gasteiger partial charge is 0.330 e. The van der Waals surface area contributed by atoms with Gasteiger partial charge in [-0.2, -0.15) is 0 Å². The van der Waals surface area contributed by atoms with Crippen LogP contribution < -0.4 is 4.74 Å². The first kappa shape index (κ1) is 14.3. The summed E-state index contributed by atoms with van der Waals surface area (Å²) in [5, 5.41) is 0. The fourth-order valence-corrected chi connectivity index (χ4v) is 2.60. The van der Waals surface area contributed by atoms with E-state index in [1.165, 1.54) is 13.2 Å². The molecule has 3 nitrogen and oxygen atoms in total. The molecule has 0 heterocycles. The number of halogens is 2. The number of hydrogen-bond acceptors (Lipinski definition) is 3. The zero-order chi connectivity index (χ0) is 12.8. The number of hydrogen-bond donors (Lipinski definition) is 0. The van der Waals surface area contributed by atoms with Crippen molar-refractivity contribution in [1.82, 2.24) is 0 Å². The van der Waals surface area contributed by atoms with Crippen LogP contribution in [0, 0.1) is 0 Å². The van der Waals surface area contributed by atoms with Crippen LogP contribution in [0.25, 0.3) is 6.08 Å². The van der Waals surface area contributed by atoms with E-state index in [4.69, 9.17) is 4.74 Å². The maximum atomic E-state index is 11.1. The van der Waals surface area contributed by atoms with Gasteiger partial charge >= 0.3 is 5.97 Å². The lowest BCUT2D eigenvalue weighted by Crippen LogP contribution is -1.97. The Morgan fingerprint density at radius 3 is 2.71 bits per heavy atom. The number of esters is 1. The minimum Gasteiger partial charge on any atom is -0.492 e. The van der Waals surface area contributed by atoms with E-state index in [1.54, 1.807) is 6.08 Å². The van der Waals surface area contributed by atoms with Crippen LogP contribution >= 0.6 is 31.9 Å². The molecule has 0 spiro atoms. The topological polar surface area (TPSA) is 35.5 Å². The fraction of sp³-hybridized carbons (Fsp3) is 0.250. The van der Waals surface area contributed by atoms with Crippen molar-refractivity contribution < 1.29 is 14.3 Å². The standard InChI is InChI=1S/C12H12Br2O3/c1-3-17-12-8(4-5-11(15)16-2)6-9(13)7-10(12)14/h4-7H,3H2,1-2H3/b5-4+. The van der Waals surface area contributed by atoms with Gasteiger partial charge in [0.25, 0.3) is 0 Å². The van der Waals surface area contributed by atoms with Gasteiger partial charge in [0.05, 0.1) is 18.2 Å². The molecule has 0 aliphatic rings. The molecule has 0 bridgehead atoms. The molecule has 0 saturated heterocycles. The lowest BCUT2D eigenvalue weighted by atomic mass is 10.2. The minimum atomic E-state index is -0.399. The molecule has 0 radical (unpaired) electrons. The van der Waals surface area contributed by atoms with Crippen molar-refractivity contribution in [2.45, 2.75) is 6.92 Å². The van der Waals surface area contributed by atoms with Gasteiger partial charge < -0.3 is 9.47 Å². The summed E-state index contributed by atoms with van der Waals surface area (Å²) in [4.78, 5) is 11.1. The Labute approximate surface area is 117 Å². The van der Waals surface area contributed by atoms with E-state index in [9.17, 15) is 4.79 Å². The Hall–Kier alpha value is -0.810. The molecule has 1 aromatic carbocycles. The van der Waals surface area contributed by atoms with Gasteiger partial charge in [0.2, 0.25) is 0 Å². The van der Waals surface area contributed by atoms with Gasteiger partial charge in [-0.1, -0.05) is 15.9 Å². The molecule has 5 heteroatoms. The second-order valence-corrected chi connectivity index (χ2v) is 4.87. The molecule has 0 aromatic heterocycles. The maximum Gasteiger partial charge on any atom is 0.330 e. The van der Waals surface area contributed by atoms with Crippen LogP contribution in [0.2, 0.25) is 0 Å². The number of ether oxygens (including phenoxy) is 2. The predicted molar refractivity (Wildman–Crippen MR) is 74.1 cm³/mol. The molecule has 1 rings (SSSR count). The van der Waals surface area contributed by atoms with Crippen LogP contribution in [0.15, 0.2) is 27.2 Å². The lowest BCUT2D eigenvalue weighted by Gasteiger charge is -2.10. The van der Waals surface area contributed by atoms with Gasteiger partial charge in [0, 0.05) is 16.1 Å². The maximum absolute atomic E-state index is 11.1. The Morgan fingerprint density at radius 2 is 2.12 bits per heavy atom. The molecular weight excluding hydrogens is 352 g/mol. The number of carbonyl (C=O) groups excluding carboxylic acids is 1. The number of rotatable bonds is 4. The van der Waals surface area contributed by atoms with Crippen LogP contribution in [0.1, 0.15) is 12.5 Å². The fourth-order valence-electron chi connectivity index (χ4n) is 1.23. The summed E-state index contributed by atoms with van der Waals surface area (Å²) in [6.07, 6.45) is 3.02. The molecule has 0 N–H and O–H groups in total. The SMILES string of the molecule is CCOc1c(Br)cc(Br)cc1/C=C/C(=O)OC. The number of benzene rings is 1. The van der Waals surface area contributed by atoms with Crippen LogP contribution in [0.4, 0.5) is 0 Å². The number of methoxy groups -OCH3 is 1. The summed E-state index contributed by atoms with van der Waals surface area (Å²) in [7, 11) is 1.34. The highest BCUT2D eigenvalue weighted by atomic mass is 79.9. The highest BCUT2D eigenvalue weighted by molar-refractivity contribution is 9.11. The molecule has 0 saturated carbocycles. The normalized spacial score (nSPS) is 10.6. The summed E-state index contributed by atoms with van der Waals surface area (Å²) in [6, 6.07) is 3.76. The molecule has 0 aliphatic heterocycles. The van der Waals surface area contributed by atoms with Crippen LogP contribution in [0.5, 0.6) is 5.75 Å². The van der Waals surface area contributed by atoms with Crippen molar-refractivity contribution >= 4 is 43.9 Å². The molecule has 92 valence electrons. The van der Waals surface area contributed by atoms with Crippen LogP contribution in [-0.4, -0.2) is 19.7 Å². The van der Waals surface area contributed by atoms with Crippen molar-refractivity contribution in [3.63, 3.8) is 0 Å². The van der Waals surface area contributed by atoms with Gasteiger partial charge in [-0.25, -0.2) is 4.79 Å². The second kappa shape index (κ2) is 6.81. The molecule has 0 aliphatic carbocycles. The molecule has 17 heavy (non-hydrogen) atoms. The van der Waals surface area contributed by atoms with E-state index >= 15 is 0 Å². The van der Waals surface area contributed by atoms with Crippen LogP contribution in [0.3, 0.4) is 0 Å². The van der Waals surface area contributed by atoms with Crippen molar-refractivity contribution in [1.29, 1.82) is 0 Å². The highest BCUT2D eigenvalue weighted by Crippen LogP contribution is 2.33. The monoisotopic (exact) mass is 362 g/mol. The summed E-state index contributed by atoms with van der Waals surface area (Å²) >= 11 is 6.80. The Morgan fingerprint density at radius 1 is 1.41 bits per heavy atom. The largest absolute Gasteiger partial charge is 0.492 e. The summed E-state index contributed by atoms with van der Waals surface area (Å²) in [5.74, 6) is 0.305. The third-order valence-corrected chi connectivity index (χ3v) is 2.97. The molecular formula is C12H12Br2O3. The third-order valence-electron chi connectivity index (χ3n) is 1.93. The Balaban J connectivity index is 3.11. The van der Waals surface area contributed by atoms with Crippen molar-refractivity contribution in [2.24, 2.45) is 0 Å². The first-order valence-electron chi connectivity index (χ1n) is 4.96. The molecule has 0 fully saturated rings. The minimum absolute atomic E-state index is 0.399. The van der Waals surface area contributed by atoms with Crippen LogP contribution in [-0.2, 0) is 9.53 Å². The Bertz CT molecular complexity index is 442. The van der Waals surface area contributed by atoms with Crippen molar-refractivity contribution in [3.8, 4) is 5.75 Å². The van der Waals surface area contributed by atoms with Gasteiger partial charge in [0.1, 0.15) is 5.75 Å². The van der Waals surface area contributed by atoms with Gasteiger partial charge in [0.15, 0.2) is 0 Å². The number of carbonyl (C=O) groups is 1. The van der Waals surface area contributed by atoms with E-state index in [1.807, 2.05) is 19.1 Å². The van der Waals surface area contributed by atoms with Crippen molar-refractivity contribution in [3.05, 3.63) is 32.7 Å². The molecule has 1 aromatic rings. The lowest BCUT2D eigenvalue weighted by molar-refractivity contribution is -0.134. The van der Waals surface area contributed by atoms with E-state index in [-0.39, 0.29) is 0 Å². The second-order valence-electron chi connectivity index (χ2n) is 3.10. The molecule has 0 amide bonds. The third kappa shape index (κ3) is 4.16. The van der Waals surface area contributed by atoms with Gasteiger partial charge in [-0.3, -0.25) is 0 Å². The summed E-state index contributed by atoms with van der Waals surface area (Å²) in [5.41, 5.74) is 0.804. The predicted octanol–water partition coefficient (Wildman–Crippen LogP) is 3.80. The average Bonchev–Trinajstić information content (AvgIpc) is 2.29. The highest BCUT2D eigenvalue weighted by Gasteiger charge is 2.08. The zero-order valence-corrected chi connectivity index (χ0v) is 12.7. The van der Waals surface area contributed by atoms with E-state index in [2.05, 4.69) is 36.6 Å².